The first-order valence-electron chi connectivity index (χ1n) is 10.3. The smallest absolute Gasteiger partial charge is 0.310 e. The molecular formula is C23H25F6O2P. The molecule has 2 unspecified atom stereocenters. The highest BCUT2D eigenvalue weighted by Gasteiger charge is 2.47. The van der Waals surface area contributed by atoms with Crippen molar-refractivity contribution in [3.8, 4) is 0 Å². The van der Waals surface area contributed by atoms with Gasteiger partial charge in [-0.15, -0.1) is 0 Å². The van der Waals surface area contributed by atoms with Gasteiger partial charge < -0.3 is 4.57 Å². The number of carbonyl (C=O) groups is 1. The summed E-state index contributed by atoms with van der Waals surface area (Å²) < 4.78 is 96.0. The largest absolute Gasteiger partial charge is 0.417 e. The first-order valence-corrected chi connectivity index (χ1v) is 12.2. The number of benzene rings is 2. The lowest BCUT2D eigenvalue weighted by atomic mass is 10.0. The second-order valence-corrected chi connectivity index (χ2v) is 10.5. The highest BCUT2D eigenvalue weighted by molar-refractivity contribution is 7.87. The molecule has 176 valence electrons. The molecule has 0 aliphatic carbocycles. The standard InChI is InChI=1S/C23H25F6O2P/c1-3-5-10-16(4-2)15-32(31,17-11-7-6-8-12-17)21(30)20-18(22(24,25)26)13-9-14-19(20)23(27,28)29/h6-9,11-14,16H,3-5,10,15H2,1-2H3. The van der Waals surface area contributed by atoms with E-state index in [1.807, 2.05) is 6.92 Å². The van der Waals surface area contributed by atoms with E-state index < -0.39 is 41.7 Å². The Hall–Kier alpha value is -2.08. The maximum atomic E-state index is 14.1. The van der Waals surface area contributed by atoms with Gasteiger partial charge in [0.15, 0.2) is 7.14 Å². The monoisotopic (exact) mass is 478 g/mol. The van der Waals surface area contributed by atoms with Gasteiger partial charge in [-0.2, -0.15) is 26.3 Å². The van der Waals surface area contributed by atoms with E-state index in [0.29, 0.717) is 31.0 Å². The summed E-state index contributed by atoms with van der Waals surface area (Å²) in [6.45, 7) is 3.73. The molecule has 0 spiro atoms. The fourth-order valence-electron chi connectivity index (χ4n) is 3.69. The van der Waals surface area contributed by atoms with Crippen LogP contribution in [-0.4, -0.2) is 11.7 Å². The highest BCUT2D eigenvalue weighted by atomic mass is 31.2. The minimum absolute atomic E-state index is 0.0370. The number of rotatable bonds is 9. The molecule has 2 aromatic carbocycles. The Morgan fingerprint density at radius 1 is 0.875 bits per heavy atom. The average molecular weight is 478 g/mol. The van der Waals surface area contributed by atoms with Gasteiger partial charge in [0.05, 0.1) is 16.7 Å². The molecule has 0 saturated heterocycles. The molecule has 0 aliphatic rings. The minimum Gasteiger partial charge on any atom is -0.310 e. The van der Waals surface area contributed by atoms with Gasteiger partial charge >= 0.3 is 12.4 Å². The lowest BCUT2D eigenvalue weighted by Gasteiger charge is -2.26. The summed E-state index contributed by atoms with van der Waals surface area (Å²) in [4.78, 5) is 13.5. The number of hydrogen-bond donors (Lipinski definition) is 0. The number of alkyl halides is 6. The summed E-state index contributed by atoms with van der Waals surface area (Å²) in [5, 5.41) is -0.0370. The van der Waals surface area contributed by atoms with E-state index in [1.165, 1.54) is 24.3 Å². The second-order valence-electron chi connectivity index (χ2n) is 7.70. The van der Waals surface area contributed by atoms with Crippen molar-refractivity contribution in [3.63, 3.8) is 0 Å². The fraction of sp³-hybridized carbons (Fsp3) is 0.435. The van der Waals surface area contributed by atoms with Crippen molar-refractivity contribution in [2.75, 3.05) is 6.16 Å². The summed E-state index contributed by atoms with van der Waals surface area (Å²) in [6.07, 6.45) is -8.10. The molecule has 2 nitrogen and oxygen atoms in total. The maximum Gasteiger partial charge on any atom is 0.417 e. The van der Waals surface area contributed by atoms with Crippen LogP contribution in [0.5, 0.6) is 0 Å². The zero-order valence-electron chi connectivity index (χ0n) is 17.8. The summed E-state index contributed by atoms with van der Waals surface area (Å²) >= 11 is 0. The molecule has 0 fully saturated rings. The number of halogens is 6. The van der Waals surface area contributed by atoms with Crippen molar-refractivity contribution in [3.05, 3.63) is 65.2 Å². The Morgan fingerprint density at radius 2 is 1.41 bits per heavy atom. The van der Waals surface area contributed by atoms with Crippen molar-refractivity contribution < 1.29 is 35.7 Å². The average Bonchev–Trinajstić information content (AvgIpc) is 2.74. The normalized spacial score (nSPS) is 15.2. The van der Waals surface area contributed by atoms with Gasteiger partial charge in [0.1, 0.15) is 0 Å². The zero-order valence-corrected chi connectivity index (χ0v) is 18.7. The fourth-order valence-corrected chi connectivity index (χ4v) is 6.73. The predicted molar refractivity (Wildman–Crippen MR) is 113 cm³/mol. The zero-order chi connectivity index (χ0) is 24.2. The molecule has 0 radical (unpaired) electrons. The van der Waals surface area contributed by atoms with Gasteiger partial charge in [-0.05, 0) is 24.5 Å². The van der Waals surface area contributed by atoms with E-state index in [2.05, 4.69) is 0 Å². The first-order chi connectivity index (χ1) is 14.9. The predicted octanol–water partition coefficient (Wildman–Crippen LogP) is 7.77. The van der Waals surface area contributed by atoms with Crippen molar-refractivity contribution in [1.82, 2.24) is 0 Å². The second kappa shape index (κ2) is 10.2. The lowest BCUT2D eigenvalue weighted by molar-refractivity contribution is -0.143. The Labute approximate surface area is 183 Å². The van der Waals surface area contributed by atoms with Crippen LogP contribution in [0.2, 0.25) is 0 Å². The molecule has 0 bridgehead atoms. The molecule has 0 aromatic heterocycles. The van der Waals surface area contributed by atoms with Gasteiger partial charge in [-0.3, -0.25) is 4.79 Å². The molecule has 0 N–H and O–H groups in total. The van der Waals surface area contributed by atoms with Gasteiger partial charge in [0.2, 0.25) is 5.52 Å². The van der Waals surface area contributed by atoms with Crippen molar-refractivity contribution >= 4 is 18.0 Å². The molecule has 0 aliphatic heterocycles. The van der Waals surface area contributed by atoms with Crippen LogP contribution in [0, 0.1) is 5.92 Å². The van der Waals surface area contributed by atoms with E-state index in [4.69, 9.17) is 0 Å². The molecule has 0 heterocycles. The van der Waals surface area contributed by atoms with Crippen LogP contribution in [0.3, 0.4) is 0 Å². The van der Waals surface area contributed by atoms with Crippen LogP contribution in [-0.2, 0) is 16.9 Å². The molecule has 32 heavy (non-hydrogen) atoms. The third-order valence-corrected chi connectivity index (χ3v) is 8.49. The Kier molecular flexibility index (Phi) is 8.38. The van der Waals surface area contributed by atoms with Gasteiger partial charge in [0.25, 0.3) is 0 Å². The Balaban J connectivity index is 2.77. The maximum absolute atomic E-state index is 14.1. The van der Waals surface area contributed by atoms with Crippen LogP contribution in [0.15, 0.2) is 48.5 Å². The van der Waals surface area contributed by atoms with E-state index in [1.54, 1.807) is 13.0 Å². The van der Waals surface area contributed by atoms with Crippen molar-refractivity contribution in [1.29, 1.82) is 0 Å². The molecule has 0 saturated carbocycles. The van der Waals surface area contributed by atoms with Crippen LogP contribution < -0.4 is 5.30 Å². The van der Waals surface area contributed by atoms with E-state index in [9.17, 15) is 35.7 Å². The lowest BCUT2D eigenvalue weighted by Crippen LogP contribution is -2.25. The topological polar surface area (TPSA) is 34.1 Å². The first kappa shape index (κ1) is 26.2. The van der Waals surface area contributed by atoms with Gasteiger partial charge in [-0.25, -0.2) is 0 Å². The van der Waals surface area contributed by atoms with Crippen LogP contribution in [0.25, 0.3) is 0 Å². The third kappa shape index (κ3) is 5.83. The van der Waals surface area contributed by atoms with Crippen molar-refractivity contribution in [2.45, 2.75) is 51.9 Å². The number of carbonyl (C=O) groups excluding carboxylic acids is 1. The Morgan fingerprint density at radius 3 is 1.84 bits per heavy atom. The molecule has 2 aromatic rings. The van der Waals surface area contributed by atoms with E-state index in [-0.39, 0.29) is 17.4 Å². The molecule has 2 rings (SSSR count). The number of unbranched alkanes of at least 4 members (excludes halogenated alkanes) is 1. The quantitative estimate of drug-likeness (QED) is 0.273. The van der Waals surface area contributed by atoms with Crippen LogP contribution >= 0.6 is 7.14 Å². The SMILES string of the molecule is CCCCC(CC)CP(=O)(C(=O)c1c(C(F)(F)F)cccc1C(F)(F)F)c1ccccc1. The third-order valence-electron chi connectivity index (χ3n) is 5.45. The van der Waals surface area contributed by atoms with Crippen LogP contribution in [0.4, 0.5) is 26.3 Å². The summed E-state index contributed by atoms with van der Waals surface area (Å²) in [7, 11) is -4.33. The van der Waals surface area contributed by atoms with E-state index >= 15 is 0 Å². The number of hydrogen-bond acceptors (Lipinski definition) is 2. The molecular weight excluding hydrogens is 453 g/mol. The molecule has 9 heteroatoms. The molecule has 2 atom stereocenters. The summed E-state index contributed by atoms with van der Waals surface area (Å²) in [5.74, 6) is -0.280. The van der Waals surface area contributed by atoms with E-state index in [0.717, 1.165) is 12.8 Å². The van der Waals surface area contributed by atoms with Crippen LogP contribution in [0.1, 0.15) is 61.0 Å². The summed E-state index contributed by atoms with van der Waals surface area (Å²) in [6, 6.07) is 8.59. The Bertz CT molecular complexity index is 934. The summed E-state index contributed by atoms with van der Waals surface area (Å²) in [5.41, 5.74) is -6.62. The minimum atomic E-state index is -5.22. The van der Waals surface area contributed by atoms with Crippen molar-refractivity contribution in [2.24, 2.45) is 5.92 Å². The van der Waals surface area contributed by atoms with Gasteiger partial charge in [0, 0.05) is 11.5 Å². The highest BCUT2D eigenvalue weighted by Crippen LogP contribution is 2.53. The van der Waals surface area contributed by atoms with Gasteiger partial charge in [-0.1, -0.05) is 69.5 Å². The molecule has 0 amide bonds.